The second-order valence-corrected chi connectivity index (χ2v) is 9.75. The molecule has 0 saturated carbocycles. The predicted octanol–water partition coefficient (Wildman–Crippen LogP) is 6.78. The van der Waals surface area contributed by atoms with Crippen molar-refractivity contribution in [2.45, 2.75) is 31.3 Å². The van der Waals surface area contributed by atoms with Gasteiger partial charge in [-0.05, 0) is 54.2 Å². The van der Waals surface area contributed by atoms with Gasteiger partial charge in [-0.2, -0.15) is 0 Å². The van der Waals surface area contributed by atoms with Crippen LogP contribution in [0.4, 0.5) is 0 Å². The Balaban J connectivity index is 1.66. The lowest BCUT2D eigenvalue weighted by molar-refractivity contribution is 0.104. The van der Waals surface area contributed by atoms with E-state index in [4.69, 9.17) is 4.74 Å². The monoisotopic (exact) mass is 550 g/mol. The van der Waals surface area contributed by atoms with Crippen LogP contribution in [0, 0.1) is 0 Å². The molecule has 0 aliphatic carbocycles. The van der Waals surface area contributed by atoms with Crippen molar-refractivity contribution in [2.75, 3.05) is 7.11 Å². The fourth-order valence-corrected chi connectivity index (χ4v) is 4.70. The quantitative estimate of drug-likeness (QED) is 0.0880. The number of aliphatic hydroxyl groups excluding tert-OH is 1. The van der Waals surface area contributed by atoms with E-state index < -0.39 is 23.6 Å². The molecule has 0 spiro atoms. The molecule has 4 aromatic rings. The van der Waals surface area contributed by atoms with Gasteiger partial charge in [0, 0.05) is 17.5 Å². The number of ketones is 1. The average Bonchev–Trinajstić information content (AvgIpc) is 2.99. The van der Waals surface area contributed by atoms with E-state index >= 15 is 0 Å². The highest BCUT2D eigenvalue weighted by molar-refractivity contribution is 6.11. The lowest BCUT2D eigenvalue weighted by atomic mass is 9.86. The predicted molar refractivity (Wildman–Crippen MR) is 161 cm³/mol. The topological polar surface area (TPSA) is 107 Å². The van der Waals surface area contributed by atoms with E-state index in [1.807, 2.05) is 60.7 Å². The van der Waals surface area contributed by atoms with E-state index in [1.165, 1.54) is 31.4 Å². The van der Waals surface area contributed by atoms with Crippen molar-refractivity contribution in [1.82, 2.24) is 0 Å². The van der Waals surface area contributed by atoms with Crippen molar-refractivity contribution in [1.29, 1.82) is 0 Å². The number of ether oxygens (including phenoxy) is 1. The summed E-state index contributed by atoms with van der Waals surface area (Å²) in [6.07, 6.45) is 7.63. The number of carbonyl (C=O) groups excluding carboxylic acids is 1. The maximum absolute atomic E-state index is 13.3. The van der Waals surface area contributed by atoms with Crippen LogP contribution in [0.1, 0.15) is 51.4 Å². The van der Waals surface area contributed by atoms with Crippen molar-refractivity contribution in [3.8, 4) is 23.0 Å². The van der Waals surface area contributed by atoms with Crippen LogP contribution in [0.25, 0.3) is 6.08 Å². The van der Waals surface area contributed by atoms with E-state index in [2.05, 4.69) is 0 Å². The maximum Gasteiger partial charge on any atom is 0.193 e. The van der Waals surface area contributed by atoms with Crippen LogP contribution in [0.2, 0.25) is 0 Å². The fraction of sp³-hybridized carbons (Fsp3) is 0.171. The molecule has 0 radical (unpaired) electrons. The van der Waals surface area contributed by atoms with Gasteiger partial charge in [0.2, 0.25) is 0 Å². The molecule has 6 heteroatoms. The van der Waals surface area contributed by atoms with Gasteiger partial charge in [-0.1, -0.05) is 91.0 Å². The third-order valence-electron chi connectivity index (χ3n) is 6.88. The first-order valence-electron chi connectivity index (χ1n) is 13.4. The Morgan fingerprint density at radius 3 is 2.22 bits per heavy atom. The molecular weight excluding hydrogens is 516 g/mol. The molecular formula is C35H34O6. The minimum Gasteiger partial charge on any atom is -0.508 e. The van der Waals surface area contributed by atoms with Crippen molar-refractivity contribution < 1.29 is 30.0 Å². The van der Waals surface area contributed by atoms with E-state index in [0.29, 0.717) is 18.4 Å². The normalized spacial score (nSPS) is 12.9. The van der Waals surface area contributed by atoms with Crippen molar-refractivity contribution >= 4 is 11.9 Å². The van der Waals surface area contributed by atoms with Crippen LogP contribution in [0.3, 0.4) is 0 Å². The van der Waals surface area contributed by atoms with E-state index in [-0.39, 0.29) is 28.4 Å². The van der Waals surface area contributed by atoms with Crippen LogP contribution < -0.4 is 4.74 Å². The highest BCUT2D eigenvalue weighted by atomic mass is 16.5. The Hall–Kier alpha value is -4.81. The number of aliphatic hydroxyl groups is 1. The minimum atomic E-state index is -0.688. The van der Waals surface area contributed by atoms with Crippen molar-refractivity contribution in [3.05, 3.63) is 137 Å². The summed E-state index contributed by atoms with van der Waals surface area (Å²) in [5.41, 5.74) is 2.65. The number of phenolic OH excluding ortho intramolecular Hbond substituents is 3. The Kier molecular flexibility index (Phi) is 9.97. The van der Waals surface area contributed by atoms with Gasteiger partial charge in [0.25, 0.3) is 0 Å². The molecule has 6 nitrogen and oxygen atoms in total. The number of methoxy groups -OCH3 is 1. The molecule has 4 N–H and O–H groups in total. The highest BCUT2D eigenvalue weighted by Crippen LogP contribution is 2.45. The molecule has 0 heterocycles. The number of rotatable bonds is 12. The number of hydrogen-bond donors (Lipinski definition) is 4. The molecule has 0 bridgehead atoms. The Morgan fingerprint density at radius 1 is 0.902 bits per heavy atom. The minimum absolute atomic E-state index is 0.0382. The Bertz CT molecular complexity index is 1490. The number of hydrogen-bond acceptors (Lipinski definition) is 6. The number of aryl methyl sites for hydroxylation is 1. The van der Waals surface area contributed by atoms with Crippen LogP contribution >= 0.6 is 0 Å². The summed E-state index contributed by atoms with van der Waals surface area (Å²) in [5, 5.41) is 42.9. The maximum atomic E-state index is 13.3. The summed E-state index contributed by atoms with van der Waals surface area (Å²) in [6, 6.07) is 26.9. The summed E-state index contributed by atoms with van der Waals surface area (Å²) in [5.74, 6) is -1.73. The molecule has 0 saturated heterocycles. The van der Waals surface area contributed by atoms with Crippen LogP contribution in [0.15, 0.2) is 109 Å². The number of carbonyl (C=O) groups is 1. The largest absolute Gasteiger partial charge is 0.508 e. The second kappa shape index (κ2) is 14.0. The van der Waals surface area contributed by atoms with Gasteiger partial charge in [0.15, 0.2) is 5.78 Å². The number of benzene rings is 4. The molecule has 0 aromatic heterocycles. The fourth-order valence-electron chi connectivity index (χ4n) is 4.70. The number of aromatic hydroxyl groups is 3. The SMILES string of the molecule is COc1cc(O)c([C@H](/C=C/C[C@H](O)CCc2ccccc2)c2ccc(O)cc2)c(O)c1C(=O)/C=C\c1ccccc1. The molecule has 0 fully saturated rings. The molecule has 0 aliphatic heterocycles. The first-order valence-corrected chi connectivity index (χ1v) is 13.4. The average molecular weight is 551 g/mol. The highest BCUT2D eigenvalue weighted by Gasteiger charge is 2.27. The third-order valence-corrected chi connectivity index (χ3v) is 6.88. The second-order valence-electron chi connectivity index (χ2n) is 9.75. The summed E-state index contributed by atoms with van der Waals surface area (Å²) >= 11 is 0. The Labute approximate surface area is 240 Å². The van der Waals surface area contributed by atoms with Gasteiger partial charge in [-0.25, -0.2) is 0 Å². The molecule has 0 aliphatic rings. The van der Waals surface area contributed by atoms with Gasteiger partial charge >= 0.3 is 0 Å². The molecule has 4 rings (SSSR count). The zero-order valence-electron chi connectivity index (χ0n) is 22.9. The van der Waals surface area contributed by atoms with Gasteiger partial charge in [-0.15, -0.1) is 0 Å². The molecule has 0 amide bonds. The zero-order valence-corrected chi connectivity index (χ0v) is 22.9. The molecule has 4 aromatic carbocycles. The van der Waals surface area contributed by atoms with Crippen LogP contribution in [0.5, 0.6) is 23.0 Å². The Morgan fingerprint density at radius 2 is 1.56 bits per heavy atom. The van der Waals surface area contributed by atoms with Gasteiger partial charge in [0.1, 0.15) is 28.6 Å². The van der Waals surface area contributed by atoms with E-state index in [9.17, 15) is 25.2 Å². The van der Waals surface area contributed by atoms with Crippen LogP contribution in [-0.4, -0.2) is 39.4 Å². The lowest BCUT2D eigenvalue weighted by Gasteiger charge is -2.20. The summed E-state index contributed by atoms with van der Waals surface area (Å²) in [6.45, 7) is 0. The summed E-state index contributed by atoms with van der Waals surface area (Å²) in [4.78, 5) is 13.3. The lowest BCUT2D eigenvalue weighted by Crippen LogP contribution is -2.08. The first kappa shape index (κ1) is 29.2. The zero-order chi connectivity index (χ0) is 29.2. The molecule has 2 atom stereocenters. The summed E-state index contributed by atoms with van der Waals surface area (Å²) < 4.78 is 5.35. The van der Waals surface area contributed by atoms with Gasteiger partial charge in [-0.3, -0.25) is 4.79 Å². The van der Waals surface area contributed by atoms with Gasteiger partial charge < -0.3 is 25.2 Å². The van der Waals surface area contributed by atoms with E-state index in [0.717, 1.165) is 17.5 Å². The molecule has 210 valence electrons. The number of allylic oxidation sites excluding steroid dienone is 2. The van der Waals surface area contributed by atoms with Crippen molar-refractivity contribution in [2.24, 2.45) is 0 Å². The third kappa shape index (κ3) is 7.65. The smallest absolute Gasteiger partial charge is 0.193 e. The standard InChI is InChI=1S/C35H34O6/c1-41-32-23-31(39)33(35(40)34(32)30(38)22-16-25-11-6-3-7-12-25)29(26-17-20-28(37)21-18-26)14-8-13-27(36)19-15-24-9-4-2-5-10-24/h2-12,14,16-18,20-23,27,29,36-37,39-40H,13,15,19H2,1H3/b14-8+,22-16-/t27-,29+/m0/s1. The first-order chi connectivity index (χ1) is 19.9. The molecule has 41 heavy (non-hydrogen) atoms. The van der Waals surface area contributed by atoms with Crippen molar-refractivity contribution in [3.63, 3.8) is 0 Å². The van der Waals surface area contributed by atoms with Crippen LogP contribution in [-0.2, 0) is 6.42 Å². The number of phenols is 3. The van der Waals surface area contributed by atoms with E-state index in [1.54, 1.807) is 30.4 Å². The molecule has 0 unspecified atom stereocenters. The summed E-state index contributed by atoms with van der Waals surface area (Å²) in [7, 11) is 1.36. The van der Waals surface area contributed by atoms with Gasteiger partial charge in [0.05, 0.1) is 13.2 Å².